The Bertz CT molecular complexity index is 576. The van der Waals surface area contributed by atoms with Crippen LogP contribution in [-0.4, -0.2) is 10.1 Å². The van der Waals surface area contributed by atoms with Crippen molar-refractivity contribution < 1.29 is 18.6 Å². The van der Waals surface area contributed by atoms with Gasteiger partial charge in [0.05, 0.1) is 28.5 Å². The first-order chi connectivity index (χ1) is 9.11. The Labute approximate surface area is 117 Å². The van der Waals surface area contributed by atoms with Crippen LogP contribution in [0.25, 0.3) is 0 Å². The maximum absolute atomic E-state index is 13.7. The molecule has 0 fully saturated rings. The molecule has 0 spiro atoms. The van der Waals surface area contributed by atoms with Crippen LogP contribution in [0.3, 0.4) is 0 Å². The molecule has 0 bridgehead atoms. The number of aliphatic hydroxyl groups is 1. The van der Waals surface area contributed by atoms with E-state index in [4.69, 9.17) is 9.84 Å². The molecular formula is C13H10BrF2NO2. The topological polar surface area (TPSA) is 42.4 Å². The van der Waals surface area contributed by atoms with Crippen molar-refractivity contribution in [2.45, 2.75) is 13.2 Å². The van der Waals surface area contributed by atoms with Gasteiger partial charge in [0.2, 0.25) is 0 Å². The van der Waals surface area contributed by atoms with E-state index in [0.717, 1.165) is 0 Å². The average molecular weight is 330 g/mol. The molecule has 6 heteroatoms. The molecule has 0 atom stereocenters. The lowest BCUT2D eigenvalue weighted by Crippen LogP contribution is -2.03. The van der Waals surface area contributed by atoms with E-state index in [1.807, 2.05) is 0 Å². The van der Waals surface area contributed by atoms with E-state index in [2.05, 4.69) is 20.9 Å². The average Bonchev–Trinajstić information content (AvgIpc) is 2.44. The molecule has 3 nitrogen and oxygen atoms in total. The Morgan fingerprint density at radius 1 is 1.21 bits per heavy atom. The maximum atomic E-state index is 13.7. The number of aromatic nitrogens is 1. The minimum absolute atomic E-state index is 0.152. The summed E-state index contributed by atoms with van der Waals surface area (Å²) in [6.07, 6.45) is 1.39. The molecule has 1 N–H and O–H groups in total. The van der Waals surface area contributed by atoms with Crippen LogP contribution < -0.4 is 4.74 Å². The first-order valence-corrected chi connectivity index (χ1v) is 6.22. The van der Waals surface area contributed by atoms with Gasteiger partial charge in [0, 0.05) is 0 Å². The summed E-state index contributed by atoms with van der Waals surface area (Å²) in [7, 11) is 0. The highest BCUT2D eigenvalue weighted by Gasteiger charge is 2.13. The van der Waals surface area contributed by atoms with E-state index in [1.54, 1.807) is 12.1 Å². The third-order valence-corrected chi connectivity index (χ3v) is 3.09. The van der Waals surface area contributed by atoms with Gasteiger partial charge < -0.3 is 9.84 Å². The van der Waals surface area contributed by atoms with Gasteiger partial charge in [-0.2, -0.15) is 0 Å². The molecule has 0 aliphatic rings. The fourth-order valence-electron chi connectivity index (χ4n) is 1.45. The second-order valence-corrected chi connectivity index (χ2v) is 4.61. The second kappa shape index (κ2) is 6.08. The standard InChI is InChI=1S/C13H10BrF2NO2/c14-11-3-4-12(15)10(13(11)16)7-19-9-2-1-8(6-18)17-5-9/h1-5,18H,6-7H2. The summed E-state index contributed by atoms with van der Waals surface area (Å²) < 4.78 is 32.6. The van der Waals surface area contributed by atoms with E-state index >= 15 is 0 Å². The number of hydrogen-bond acceptors (Lipinski definition) is 3. The van der Waals surface area contributed by atoms with Crippen molar-refractivity contribution in [3.63, 3.8) is 0 Å². The van der Waals surface area contributed by atoms with Crippen LogP contribution in [0.2, 0.25) is 0 Å². The van der Waals surface area contributed by atoms with Crippen molar-refractivity contribution in [1.82, 2.24) is 4.98 Å². The lowest BCUT2D eigenvalue weighted by Gasteiger charge is -2.09. The fraction of sp³-hybridized carbons (Fsp3) is 0.154. The molecule has 0 aliphatic carbocycles. The van der Waals surface area contributed by atoms with E-state index in [0.29, 0.717) is 11.4 Å². The maximum Gasteiger partial charge on any atom is 0.146 e. The second-order valence-electron chi connectivity index (χ2n) is 3.75. The molecule has 0 radical (unpaired) electrons. The minimum Gasteiger partial charge on any atom is -0.487 e. The number of nitrogens with zero attached hydrogens (tertiary/aromatic N) is 1. The highest BCUT2D eigenvalue weighted by atomic mass is 79.9. The van der Waals surface area contributed by atoms with E-state index in [1.165, 1.54) is 18.3 Å². The number of benzene rings is 1. The largest absolute Gasteiger partial charge is 0.487 e. The summed E-state index contributed by atoms with van der Waals surface area (Å²) in [4.78, 5) is 3.90. The van der Waals surface area contributed by atoms with Crippen LogP contribution in [0, 0.1) is 11.6 Å². The molecule has 0 unspecified atom stereocenters. The summed E-state index contributed by atoms with van der Waals surface area (Å²) in [6.45, 7) is -0.410. The van der Waals surface area contributed by atoms with Gasteiger partial charge in [0.1, 0.15) is 24.0 Å². The molecule has 0 amide bonds. The molecule has 2 rings (SSSR count). The SMILES string of the molecule is OCc1ccc(OCc2c(F)ccc(Br)c2F)cn1. The third-order valence-electron chi connectivity index (χ3n) is 2.48. The van der Waals surface area contributed by atoms with Gasteiger partial charge in [0.15, 0.2) is 0 Å². The molecule has 1 aromatic carbocycles. The number of rotatable bonds is 4. The fourth-order valence-corrected chi connectivity index (χ4v) is 1.82. The highest BCUT2D eigenvalue weighted by Crippen LogP contribution is 2.23. The smallest absolute Gasteiger partial charge is 0.146 e. The van der Waals surface area contributed by atoms with Crippen molar-refractivity contribution in [1.29, 1.82) is 0 Å². The van der Waals surface area contributed by atoms with Crippen LogP contribution in [0.5, 0.6) is 5.75 Å². The number of hydrogen-bond donors (Lipinski definition) is 1. The lowest BCUT2D eigenvalue weighted by molar-refractivity contribution is 0.274. The van der Waals surface area contributed by atoms with Crippen molar-refractivity contribution in [3.05, 3.63) is 57.8 Å². The summed E-state index contributed by atoms with van der Waals surface area (Å²) >= 11 is 2.99. The van der Waals surface area contributed by atoms with Crippen molar-refractivity contribution in [2.24, 2.45) is 0 Å². The zero-order valence-corrected chi connectivity index (χ0v) is 11.3. The summed E-state index contributed by atoms with van der Waals surface area (Å²) in [5, 5.41) is 8.83. The van der Waals surface area contributed by atoms with Crippen molar-refractivity contribution in [3.8, 4) is 5.75 Å². The monoisotopic (exact) mass is 329 g/mol. The zero-order valence-electron chi connectivity index (χ0n) is 9.74. The number of ether oxygens (including phenoxy) is 1. The molecular weight excluding hydrogens is 320 g/mol. The minimum atomic E-state index is -0.681. The summed E-state index contributed by atoms with van der Waals surface area (Å²) in [6, 6.07) is 5.61. The zero-order chi connectivity index (χ0) is 13.8. The van der Waals surface area contributed by atoms with Gasteiger partial charge in [-0.15, -0.1) is 0 Å². The van der Waals surface area contributed by atoms with Crippen molar-refractivity contribution in [2.75, 3.05) is 0 Å². The predicted molar refractivity (Wildman–Crippen MR) is 68.5 cm³/mol. The summed E-state index contributed by atoms with van der Waals surface area (Å²) in [5.41, 5.74) is 0.341. The van der Waals surface area contributed by atoms with E-state index in [-0.39, 0.29) is 23.2 Å². The van der Waals surface area contributed by atoms with E-state index < -0.39 is 11.6 Å². The van der Waals surface area contributed by atoms with Gasteiger partial charge in [-0.25, -0.2) is 8.78 Å². The molecule has 0 aliphatic heterocycles. The van der Waals surface area contributed by atoms with Crippen LogP contribution in [0.1, 0.15) is 11.3 Å². The first kappa shape index (κ1) is 13.9. The van der Waals surface area contributed by atoms with Gasteiger partial charge in [-0.05, 0) is 40.2 Å². The van der Waals surface area contributed by atoms with Gasteiger partial charge >= 0.3 is 0 Å². The normalized spacial score (nSPS) is 10.5. The number of pyridine rings is 1. The molecule has 19 heavy (non-hydrogen) atoms. The van der Waals surface area contributed by atoms with Crippen LogP contribution >= 0.6 is 15.9 Å². The van der Waals surface area contributed by atoms with Gasteiger partial charge in [-0.1, -0.05) is 0 Å². The first-order valence-electron chi connectivity index (χ1n) is 5.42. The summed E-state index contributed by atoms with van der Waals surface area (Å²) in [5.74, 6) is -0.975. The van der Waals surface area contributed by atoms with Crippen LogP contribution in [-0.2, 0) is 13.2 Å². The highest BCUT2D eigenvalue weighted by molar-refractivity contribution is 9.10. The Morgan fingerprint density at radius 3 is 2.63 bits per heavy atom. The molecule has 1 heterocycles. The van der Waals surface area contributed by atoms with Crippen molar-refractivity contribution >= 4 is 15.9 Å². The molecule has 2 aromatic rings. The van der Waals surface area contributed by atoms with Crippen LogP contribution in [0.4, 0.5) is 8.78 Å². The quantitative estimate of drug-likeness (QED) is 0.876. The lowest BCUT2D eigenvalue weighted by atomic mass is 10.2. The number of halogens is 3. The Kier molecular flexibility index (Phi) is 4.44. The van der Waals surface area contributed by atoms with Gasteiger partial charge in [-0.3, -0.25) is 4.98 Å². The molecule has 0 saturated heterocycles. The molecule has 1 aromatic heterocycles. The Balaban J connectivity index is 2.12. The van der Waals surface area contributed by atoms with E-state index in [9.17, 15) is 8.78 Å². The van der Waals surface area contributed by atoms with Gasteiger partial charge in [0.25, 0.3) is 0 Å². The third kappa shape index (κ3) is 3.27. The Morgan fingerprint density at radius 2 is 2.00 bits per heavy atom. The Hall–Kier alpha value is -1.53. The number of aliphatic hydroxyl groups excluding tert-OH is 1. The molecule has 100 valence electrons. The molecule has 0 saturated carbocycles. The predicted octanol–water partition coefficient (Wildman–Crippen LogP) is 3.19. The van der Waals surface area contributed by atoms with Crippen LogP contribution in [0.15, 0.2) is 34.9 Å².